The fourth-order valence-corrected chi connectivity index (χ4v) is 5.25. The van der Waals surface area contributed by atoms with Crippen molar-refractivity contribution in [3.05, 3.63) is 130 Å². The van der Waals surface area contributed by atoms with Gasteiger partial charge >= 0.3 is 12.1 Å². The van der Waals surface area contributed by atoms with E-state index in [-0.39, 0.29) is 24.7 Å². The molecule has 18 heteroatoms. The number of carboxylic acid groups (broad SMARTS) is 1. The van der Waals surface area contributed by atoms with Gasteiger partial charge in [-0.3, -0.25) is 4.79 Å². The number of benzene rings is 2. The van der Waals surface area contributed by atoms with Crippen LogP contribution in [-0.4, -0.2) is 66.4 Å². The number of nitrogens with one attached hydrogen (secondary N) is 1. The monoisotopic (exact) mass is 812 g/mol. The fraction of sp³-hybridized carbons (Fsp3) is 0.268. The Morgan fingerprint density at radius 2 is 1.19 bits per heavy atom. The molecule has 6 rings (SSSR count). The van der Waals surface area contributed by atoms with Gasteiger partial charge in [-0.05, 0) is 84.4 Å². The second kappa shape index (κ2) is 21.0. The van der Waals surface area contributed by atoms with Gasteiger partial charge in [0.25, 0.3) is 0 Å². The number of alkyl halides is 3. The summed E-state index contributed by atoms with van der Waals surface area (Å²) in [6.07, 6.45) is 6.82. The Kier molecular flexibility index (Phi) is 16.5. The molecule has 4 heterocycles. The van der Waals surface area contributed by atoms with Crippen molar-refractivity contribution in [2.75, 3.05) is 0 Å². The minimum atomic E-state index is -4.45. The largest absolute Gasteiger partial charge is 0.478 e. The van der Waals surface area contributed by atoms with Gasteiger partial charge in [-0.1, -0.05) is 24.6 Å². The number of halogens is 3. The summed E-state index contributed by atoms with van der Waals surface area (Å²) >= 11 is 0. The van der Waals surface area contributed by atoms with Crippen LogP contribution >= 0.6 is 0 Å². The zero-order valence-electron chi connectivity index (χ0n) is 32.9. The lowest BCUT2D eigenvalue weighted by Crippen LogP contribution is -2.21. The van der Waals surface area contributed by atoms with Crippen LogP contribution < -0.4 is 11.1 Å². The van der Waals surface area contributed by atoms with E-state index in [1.165, 1.54) is 23.2 Å². The maximum atomic E-state index is 12.8. The number of nitrogens with two attached hydrogens (primary N) is 1. The number of rotatable bonds is 9. The van der Waals surface area contributed by atoms with Crippen molar-refractivity contribution >= 4 is 24.3 Å². The first-order valence-corrected chi connectivity index (χ1v) is 17.7. The van der Waals surface area contributed by atoms with Gasteiger partial charge in [0, 0.05) is 83.7 Å². The number of aryl methyl sites for hydroxylation is 7. The van der Waals surface area contributed by atoms with Crippen molar-refractivity contribution in [1.82, 2.24) is 54.8 Å². The average Bonchev–Trinajstić information content (AvgIpc) is 3.83. The quantitative estimate of drug-likeness (QED) is 0.129. The van der Waals surface area contributed by atoms with Crippen LogP contribution in [0.1, 0.15) is 63.8 Å². The van der Waals surface area contributed by atoms with Gasteiger partial charge < -0.3 is 16.2 Å². The number of aliphatic carboxylic acids is 1. The second-order valence-corrected chi connectivity index (χ2v) is 13.0. The van der Waals surface area contributed by atoms with E-state index in [0.717, 1.165) is 74.1 Å². The van der Waals surface area contributed by atoms with Gasteiger partial charge in [0.05, 0.1) is 5.56 Å². The number of carboxylic acids is 1. The van der Waals surface area contributed by atoms with Crippen LogP contribution in [-0.2, 0) is 28.9 Å². The van der Waals surface area contributed by atoms with Gasteiger partial charge in [-0.15, -0.1) is 10.2 Å². The third-order valence-corrected chi connectivity index (χ3v) is 7.98. The third-order valence-electron chi connectivity index (χ3n) is 7.98. The standard InChI is InChI=1S/C20H22N6O.C13H10F3N3O2.C7H11N3.CH4/c1-13-7-14(2)9-17(8-13)20-23-12-26(25-20)6-5-19(27)22-11-18-10-21-16(4)24-15(18)3;1-8-4-9(6-10(5-8)13(14,15)16)12-17-7-19(18-12)3-2-11(20)21;1-5-7(3-8)4-9-6(2)10-5;/h5-10,12H,11H2,1-4H3,(H,22,27);2-7H,1H3,(H,20,21);4H,3,8H2,1-2H3;1H4/b6-5-;3-2-;;. The van der Waals surface area contributed by atoms with Crippen LogP contribution in [0.2, 0.25) is 0 Å². The summed E-state index contributed by atoms with van der Waals surface area (Å²) in [4.78, 5) is 47.2. The van der Waals surface area contributed by atoms with Crippen molar-refractivity contribution in [3.63, 3.8) is 0 Å². The Labute approximate surface area is 340 Å². The van der Waals surface area contributed by atoms with Crippen LogP contribution in [0.4, 0.5) is 13.2 Å². The number of carbonyl (C=O) groups excluding carboxylic acids is 1. The summed E-state index contributed by atoms with van der Waals surface area (Å²) in [5.74, 6) is 0.835. The van der Waals surface area contributed by atoms with Gasteiger partial charge in [-0.25, -0.2) is 44.1 Å². The molecule has 310 valence electrons. The summed E-state index contributed by atoms with van der Waals surface area (Å²) in [7, 11) is 0. The molecular formula is C41H47F3N12O3. The summed E-state index contributed by atoms with van der Waals surface area (Å²) in [6, 6.07) is 9.68. The van der Waals surface area contributed by atoms with Crippen LogP contribution in [0, 0.1) is 48.5 Å². The molecule has 0 saturated carbocycles. The topological polar surface area (TPSA) is 205 Å². The predicted molar refractivity (Wildman–Crippen MR) is 218 cm³/mol. The first-order valence-electron chi connectivity index (χ1n) is 17.7. The smallest absolute Gasteiger partial charge is 0.416 e. The molecule has 0 aliphatic carbocycles. The van der Waals surface area contributed by atoms with E-state index in [1.54, 1.807) is 31.8 Å². The van der Waals surface area contributed by atoms with E-state index in [1.807, 2.05) is 53.7 Å². The molecular weight excluding hydrogens is 766 g/mol. The highest BCUT2D eigenvalue weighted by molar-refractivity contribution is 5.90. The minimum Gasteiger partial charge on any atom is -0.478 e. The number of carbonyl (C=O) groups is 2. The van der Waals surface area contributed by atoms with Crippen LogP contribution in [0.25, 0.3) is 35.2 Å². The summed E-state index contributed by atoms with van der Waals surface area (Å²) in [6.45, 7) is 14.1. The van der Waals surface area contributed by atoms with Gasteiger partial charge in [0.2, 0.25) is 5.91 Å². The molecule has 0 bridgehead atoms. The summed E-state index contributed by atoms with van der Waals surface area (Å²) < 4.78 is 40.9. The molecule has 59 heavy (non-hydrogen) atoms. The second-order valence-electron chi connectivity index (χ2n) is 13.0. The first-order chi connectivity index (χ1) is 27.4. The highest BCUT2D eigenvalue weighted by Crippen LogP contribution is 2.32. The van der Waals surface area contributed by atoms with Crippen LogP contribution in [0.3, 0.4) is 0 Å². The van der Waals surface area contributed by atoms with Crippen molar-refractivity contribution in [3.8, 4) is 22.8 Å². The normalized spacial score (nSPS) is 11.0. The zero-order chi connectivity index (χ0) is 42.6. The van der Waals surface area contributed by atoms with E-state index in [9.17, 15) is 22.8 Å². The predicted octanol–water partition coefficient (Wildman–Crippen LogP) is 6.77. The van der Waals surface area contributed by atoms with Crippen molar-refractivity contribution in [2.45, 2.75) is 75.2 Å². The third kappa shape index (κ3) is 14.5. The highest BCUT2D eigenvalue weighted by atomic mass is 19.4. The van der Waals surface area contributed by atoms with Crippen molar-refractivity contribution in [1.29, 1.82) is 0 Å². The molecule has 0 radical (unpaired) electrons. The molecule has 0 saturated heterocycles. The Balaban J connectivity index is 0.000000258. The lowest BCUT2D eigenvalue weighted by molar-refractivity contribution is -0.137. The van der Waals surface area contributed by atoms with E-state index >= 15 is 0 Å². The maximum absolute atomic E-state index is 12.8. The minimum absolute atomic E-state index is 0. The lowest BCUT2D eigenvalue weighted by Gasteiger charge is -2.09. The fourth-order valence-electron chi connectivity index (χ4n) is 5.25. The van der Waals surface area contributed by atoms with E-state index < -0.39 is 17.7 Å². The molecule has 4 aromatic heterocycles. The van der Waals surface area contributed by atoms with Crippen LogP contribution in [0.15, 0.2) is 73.6 Å². The molecule has 6 aromatic rings. The number of hydrogen-bond donors (Lipinski definition) is 3. The molecule has 0 aliphatic heterocycles. The Morgan fingerprint density at radius 3 is 1.66 bits per heavy atom. The van der Waals surface area contributed by atoms with Crippen molar-refractivity contribution in [2.24, 2.45) is 5.73 Å². The number of amides is 1. The van der Waals surface area contributed by atoms with E-state index in [0.29, 0.717) is 30.3 Å². The van der Waals surface area contributed by atoms with E-state index in [4.69, 9.17) is 10.8 Å². The Morgan fingerprint density at radius 1 is 0.712 bits per heavy atom. The van der Waals surface area contributed by atoms with Gasteiger partial charge in [-0.2, -0.15) is 13.2 Å². The molecule has 0 atom stereocenters. The molecule has 0 unspecified atom stereocenters. The molecule has 1 amide bonds. The Hall–Kier alpha value is -6.95. The highest BCUT2D eigenvalue weighted by Gasteiger charge is 2.31. The van der Waals surface area contributed by atoms with Crippen LogP contribution in [0.5, 0.6) is 0 Å². The molecule has 0 aliphatic rings. The molecule has 15 nitrogen and oxygen atoms in total. The van der Waals surface area contributed by atoms with E-state index in [2.05, 4.69) is 51.5 Å². The Bertz CT molecular complexity index is 2420. The SMILES string of the molecule is C.Cc1cc(-c2ncn(/C=C\C(=O)O)n2)cc(C(F)(F)F)c1.Cc1cc(C)cc(-c2ncn(/C=C\C(=O)NCc3cnc(C)nc3C)n2)c1.Cc1ncc(CN)c(C)n1. The maximum Gasteiger partial charge on any atom is 0.416 e. The average molecular weight is 813 g/mol. The summed E-state index contributed by atoms with van der Waals surface area (Å²) in [5, 5.41) is 19.6. The molecule has 4 N–H and O–H groups in total. The van der Waals surface area contributed by atoms with Crippen molar-refractivity contribution < 1.29 is 27.9 Å². The number of aromatic nitrogens is 10. The lowest BCUT2D eigenvalue weighted by atomic mass is 10.1. The van der Waals surface area contributed by atoms with Gasteiger partial charge in [0.1, 0.15) is 24.3 Å². The number of nitrogens with zero attached hydrogens (tertiary/aromatic N) is 10. The molecule has 0 spiro atoms. The summed E-state index contributed by atoms with van der Waals surface area (Å²) in [5.41, 5.74) is 12.3. The molecule has 0 fully saturated rings. The zero-order valence-corrected chi connectivity index (χ0v) is 32.9. The molecule has 2 aromatic carbocycles. The first kappa shape index (κ1) is 46.4. The number of hydrogen-bond acceptors (Lipinski definition) is 11. The van der Waals surface area contributed by atoms with Gasteiger partial charge in [0.15, 0.2) is 11.6 Å².